The molecule has 5 atom stereocenters. The molecule has 2 bridgehead atoms. The summed E-state index contributed by atoms with van der Waals surface area (Å²) >= 11 is 0. The van der Waals surface area contributed by atoms with Gasteiger partial charge in [0.1, 0.15) is 16.1 Å². The van der Waals surface area contributed by atoms with Crippen LogP contribution in [-0.2, 0) is 33.9 Å². The van der Waals surface area contributed by atoms with Crippen LogP contribution in [0, 0.1) is 0 Å². The van der Waals surface area contributed by atoms with E-state index in [0.29, 0.717) is 13.0 Å². The first-order valence-corrected chi connectivity index (χ1v) is 14.1. The predicted molar refractivity (Wildman–Crippen MR) is 121 cm³/mol. The standard InChI is InChI=1S/C24H26O7S2/c25-32(26,18-9-3-1-4-10-18)22-20-14-15-24(31-20,17-30-21-13-7-8-16-29-21)23(22)33(27,28)19-11-5-2-6-12-19/h1-6,9-12,14-15,20-23H,7-8,13,16-17H2/t20-,21+,22-,23+,24+/m0/s1. The summed E-state index contributed by atoms with van der Waals surface area (Å²) in [6, 6.07) is 15.8. The maximum absolute atomic E-state index is 13.9. The van der Waals surface area contributed by atoms with Crippen molar-refractivity contribution in [3.8, 4) is 0 Å². The predicted octanol–water partition coefficient (Wildman–Crippen LogP) is 2.92. The molecule has 0 aromatic heterocycles. The highest BCUT2D eigenvalue weighted by Crippen LogP contribution is 2.48. The quantitative estimate of drug-likeness (QED) is 0.551. The highest BCUT2D eigenvalue weighted by Gasteiger charge is 2.66. The lowest BCUT2D eigenvalue weighted by Gasteiger charge is -2.34. The van der Waals surface area contributed by atoms with Crippen LogP contribution in [0.5, 0.6) is 0 Å². The number of hydrogen-bond donors (Lipinski definition) is 0. The third kappa shape index (κ3) is 3.95. The fourth-order valence-electron chi connectivity index (χ4n) is 4.91. The number of ether oxygens (including phenoxy) is 3. The molecule has 7 nitrogen and oxygen atoms in total. The monoisotopic (exact) mass is 490 g/mol. The van der Waals surface area contributed by atoms with Crippen molar-refractivity contribution in [2.75, 3.05) is 13.2 Å². The maximum atomic E-state index is 13.9. The lowest BCUT2D eigenvalue weighted by atomic mass is 9.94. The number of benzene rings is 2. The third-order valence-electron chi connectivity index (χ3n) is 6.50. The van der Waals surface area contributed by atoms with Gasteiger partial charge in [-0.1, -0.05) is 48.6 Å². The van der Waals surface area contributed by atoms with E-state index in [1.807, 2.05) is 0 Å². The second-order valence-corrected chi connectivity index (χ2v) is 12.8. The molecule has 2 aromatic carbocycles. The van der Waals surface area contributed by atoms with E-state index in [2.05, 4.69) is 0 Å². The minimum Gasteiger partial charge on any atom is -0.358 e. The van der Waals surface area contributed by atoms with Gasteiger partial charge in [0.2, 0.25) is 0 Å². The Balaban J connectivity index is 1.57. The van der Waals surface area contributed by atoms with Gasteiger partial charge in [-0.3, -0.25) is 0 Å². The van der Waals surface area contributed by atoms with Gasteiger partial charge in [-0.25, -0.2) is 16.8 Å². The molecule has 5 rings (SSSR count). The first-order chi connectivity index (χ1) is 15.8. The summed E-state index contributed by atoms with van der Waals surface area (Å²) in [5.74, 6) is 0. The van der Waals surface area contributed by atoms with Gasteiger partial charge in [0.15, 0.2) is 26.0 Å². The van der Waals surface area contributed by atoms with Crippen molar-refractivity contribution in [1.29, 1.82) is 0 Å². The molecule has 0 spiro atoms. The van der Waals surface area contributed by atoms with Crippen LogP contribution in [0.4, 0.5) is 0 Å². The van der Waals surface area contributed by atoms with Gasteiger partial charge in [-0.15, -0.1) is 0 Å². The second kappa shape index (κ2) is 8.63. The molecule has 0 radical (unpaired) electrons. The van der Waals surface area contributed by atoms with E-state index in [4.69, 9.17) is 14.2 Å². The van der Waals surface area contributed by atoms with Crippen molar-refractivity contribution in [1.82, 2.24) is 0 Å². The van der Waals surface area contributed by atoms with E-state index in [9.17, 15) is 16.8 Å². The Morgan fingerprint density at radius 1 is 0.879 bits per heavy atom. The first-order valence-electron chi connectivity index (χ1n) is 11.0. The molecule has 0 aliphatic carbocycles. The van der Waals surface area contributed by atoms with E-state index < -0.39 is 48.2 Å². The SMILES string of the molecule is O=S(=O)(c1ccccc1)[C@H]1[C@@H]2C=C[C@](CO[C@@H]3CCCCO3)(O2)[C@@H]1S(=O)(=O)c1ccccc1. The number of hydrogen-bond acceptors (Lipinski definition) is 7. The largest absolute Gasteiger partial charge is 0.358 e. The molecule has 0 unspecified atom stereocenters. The Morgan fingerprint density at radius 3 is 2.12 bits per heavy atom. The van der Waals surface area contributed by atoms with Crippen LogP contribution in [0.3, 0.4) is 0 Å². The highest BCUT2D eigenvalue weighted by atomic mass is 32.2. The van der Waals surface area contributed by atoms with E-state index in [0.717, 1.165) is 12.8 Å². The van der Waals surface area contributed by atoms with Gasteiger partial charge in [0.25, 0.3) is 0 Å². The molecular weight excluding hydrogens is 464 g/mol. The summed E-state index contributed by atoms with van der Waals surface area (Å²) in [6.45, 7) is 0.468. The van der Waals surface area contributed by atoms with Gasteiger partial charge in [0, 0.05) is 6.61 Å². The van der Waals surface area contributed by atoms with Crippen molar-refractivity contribution in [3.63, 3.8) is 0 Å². The third-order valence-corrected chi connectivity index (χ3v) is 11.1. The zero-order chi connectivity index (χ0) is 23.1. The van der Waals surface area contributed by atoms with Crippen LogP contribution < -0.4 is 0 Å². The summed E-state index contributed by atoms with van der Waals surface area (Å²) in [4.78, 5) is 0.126. The fraction of sp³-hybridized carbons (Fsp3) is 0.417. The highest BCUT2D eigenvalue weighted by molar-refractivity contribution is 7.96. The maximum Gasteiger partial charge on any atom is 0.185 e. The molecule has 33 heavy (non-hydrogen) atoms. The van der Waals surface area contributed by atoms with Gasteiger partial charge in [-0.2, -0.15) is 0 Å². The Hall–Kier alpha value is -2.04. The molecule has 2 saturated heterocycles. The van der Waals surface area contributed by atoms with E-state index >= 15 is 0 Å². The average molecular weight is 491 g/mol. The van der Waals surface area contributed by atoms with E-state index in [1.165, 1.54) is 24.3 Å². The molecule has 3 aliphatic rings. The molecule has 0 amide bonds. The second-order valence-electron chi connectivity index (χ2n) is 8.61. The molecule has 3 heterocycles. The number of sulfone groups is 2. The Labute approximate surface area is 194 Å². The lowest BCUT2D eigenvalue weighted by Crippen LogP contribution is -2.54. The minimum atomic E-state index is -4.10. The van der Waals surface area contributed by atoms with Crippen LogP contribution >= 0.6 is 0 Å². The molecule has 3 aliphatic heterocycles. The van der Waals surface area contributed by atoms with Crippen molar-refractivity contribution in [2.24, 2.45) is 0 Å². The summed E-state index contributed by atoms with van der Waals surface area (Å²) in [5, 5.41) is -2.66. The van der Waals surface area contributed by atoms with Gasteiger partial charge in [0.05, 0.1) is 22.5 Å². The fourth-order valence-corrected chi connectivity index (χ4v) is 9.76. The Kier molecular flexibility index (Phi) is 5.95. The molecular formula is C24H26O7S2. The Bertz CT molecular complexity index is 1220. The van der Waals surface area contributed by atoms with Crippen molar-refractivity contribution in [3.05, 3.63) is 72.8 Å². The van der Waals surface area contributed by atoms with Crippen LogP contribution in [0.1, 0.15) is 19.3 Å². The average Bonchev–Trinajstić information content (AvgIpc) is 3.42. The minimum absolute atomic E-state index is 0.0566. The zero-order valence-corrected chi connectivity index (χ0v) is 19.6. The first kappa shape index (κ1) is 22.7. The Morgan fingerprint density at radius 2 is 1.52 bits per heavy atom. The smallest absolute Gasteiger partial charge is 0.185 e. The van der Waals surface area contributed by atoms with Gasteiger partial charge in [-0.05, 0) is 43.5 Å². The number of rotatable bonds is 7. The number of fused-ring (bicyclic) bond motifs is 2. The van der Waals surface area contributed by atoms with Crippen LogP contribution in [0.15, 0.2) is 82.6 Å². The summed E-state index contributed by atoms with van der Waals surface area (Å²) < 4.78 is 73.0. The van der Waals surface area contributed by atoms with Crippen molar-refractivity contribution >= 4 is 19.7 Å². The van der Waals surface area contributed by atoms with Crippen LogP contribution in [0.25, 0.3) is 0 Å². The normalized spacial score (nSPS) is 31.6. The van der Waals surface area contributed by atoms with Crippen molar-refractivity contribution in [2.45, 2.75) is 57.5 Å². The molecule has 176 valence electrons. The molecule has 9 heteroatoms. The summed E-state index contributed by atoms with van der Waals surface area (Å²) in [5.41, 5.74) is -1.42. The summed E-state index contributed by atoms with van der Waals surface area (Å²) in [6.07, 6.45) is 4.55. The molecule has 0 saturated carbocycles. The zero-order valence-electron chi connectivity index (χ0n) is 17.9. The molecule has 0 N–H and O–H groups in total. The lowest BCUT2D eigenvalue weighted by molar-refractivity contribution is -0.185. The van der Waals surface area contributed by atoms with Gasteiger partial charge >= 0.3 is 0 Å². The van der Waals surface area contributed by atoms with E-state index in [-0.39, 0.29) is 16.4 Å². The van der Waals surface area contributed by atoms with Crippen LogP contribution in [0.2, 0.25) is 0 Å². The molecule has 2 fully saturated rings. The van der Waals surface area contributed by atoms with Crippen molar-refractivity contribution < 1.29 is 31.0 Å². The van der Waals surface area contributed by atoms with E-state index in [1.54, 1.807) is 48.6 Å². The topological polar surface area (TPSA) is 96.0 Å². The van der Waals surface area contributed by atoms with Crippen LogP contribution in [-0.4, -0.2) is 58.5 Å². The summed E-state index contributed by atoms with van der Waals surface area (Å²) in [7, 11) is -8.13. The van der Waals surface area contributed by atoms with Gasteiger partial charge < -0.3 is 14.2 Å². The molecule has 2 aromatic rings.